The highest BCUT2D eigenvalue weighted by atomic mass is 35.5. The van der Waals surface area contributed by atoms with E-state index in [1.54, 1.807) is 0 Å². The number of rotatable bonds is 3. The predicted molar refractivity (Wildman–Crippen MR) is 73.2 cm³/mol. The van der Waals surface area contributed by atoms with Gasteiger partial charge in [0.1, 0.15) is 17.1 Å². The monoisotopic (exact) mass is 318 g/mol. The topological polar surface area (TPSA) is 34.0 Å². The fourth-order valence-electron chi connectivity index (χ4n) is 2.73. The summed E-state index contributed by atoms with van der Waals surface area (Å²) in [7, 11) is 0. The van der Waals surface area contributed by atoms with Crippen LogP contribution in [0.1, 0.15) is 18.4 Å². The summed E-state index contributed by atoms with van der Waals surface area (Å²) in [6.07, 6.45) is 0.104. The zero-order valence-electron chi connectivity index (χ0n) is 11.2. The van der Waals surface area contributed by atoms with Crippen molar-refractivity contribution in [3.8, 4) is 0 Å². The second-order valence-electron chi connectivity index (χ2n) is 5.15. The lowest BCUT2D eigenvalue weighted by molar-refractivity contribution is -0.136. The molecule has 114 valence electrons. The van der Waals surface area contributed by atoms with Crippen molar-refractivity contribution >= 4 is 22.6 Å². The van der Waals surface area contributed by atoms with Crippen LogP contribution in [0, 0.1) is 0 Å². The molecule has 1 aliphatic rings. The number of aromatic nitrogens is 3. The molecule has 1 fully saturated rings. The van der Waals surface area contributed by atoms with E-state index in [9.17, 15) is 13.2 Å². The van der Waals surface area contributed by atoms with Crippen LogP contribution in [-0.4, -0.2) is 39.1 Å². The Hall–Kier alpha value is -1.34. The second kappa shape index (κ2) is 5.46. The van der Waals surface area contributed by atoms with Gasteiger partial charge in [-0.2, -0.15) is 13.2 Å². The third kappa shape index (κ3) is 2.85. The molecule has 3 rings (SSSR count). The molecule has 0 aromatic carbocycles. The van der Waals surface area contributed by atoms with Crippen LogP contribution in [-0.2, 0) is 12.7 Å². The number of halogens is 4. The van der Waals surface area contributed by atoms with Gasteiger partial charge in [0.05, 0.1) is 10.9 Å². The molecule has 3 heterocycles. The Morgan fingerprint density at radius 3 is 2.52 bits per heavy atom. The van der Waals surface area contributed by atoms with Gasteiger partial charge in [-0.1, -0.05) is 11.6 Å². The average molecular weight is 319 g/mol. The summed E-state index contributed by atoms with van der Waals surface area (Å²) in [4.78, 5) is 9.87. The van der Waals surface area contributed by atoms with Gasteiger partial charge in [-0.05, 0) is 25.9 Å². The maximum Gasteiger partial charge on any atom is 0.418 e. The molecule has 1 aliphatic heterocycles. The smallest absolute Gasteiger partial charge is 0.330 e. The third-order valence-electron chi connectivity index (χ3n) is 3.77. The zero-order valence-corrected chi connectivity index (χ0v) is 12.0. The van der Waals surface area contributed by atoms with Crippen molar-refractivity contribution in [2.45, 2.75) is 25.6 Å². The molecule has 0 bridgehead atoms. The SMILES string of the molecule is FC(F)(F)c1cn(CCN2CCCC2)c2ncnc(Cl)c12. The number of fused-ring (bicyclic) bond motifs is 1. The van der Waals surface area contributed by atoms with Crippen molar-refractivity contribution in [1.82, 2.24) is 19.4 Å². The number of hydrogen-bond acceptors (Lipinski definition) is 3. The normalized spacial score (nSPS) is 17.0. The van der Waals surface area contributed by atoms with Gasteiger partial charge >= 0.3 is 6.18 Å². The number of alkyl halides is 3. The lowest BCUT2D eigenvalue weighted by Gasteiger charge is -2.15. The molecule has 0 N–H and O–H groups in total. The minimum atomic E-state index is -4.47. The summed E-state index contributed by atoms with van der Waals surface area (Å²) in [6.45, 7) is 3.17. The van der Waals surface area contributed by atoms with Gasteiger partial charge in [-0.25, -0.2) is 9.97 Å². The van der Waals surface area contributed by atoms with Crippen LogP contribution >= 0.6 is 11.6 Å². The highest BCUT2D eigenvalue weighted by Gasteiger charge is 2.36. The summed E-state index contributed by atoms with van der Waals surface area (Å²) in [5, 5.41) is -0.277. The van der Waals surface area contributed by atoms with Crippen molar-refractivity contribution < 1.29 is 13.2 Å². The van der Waals surface area contributed by atoms with Gasteiger partial charge in [0.2, 0.25) is 0 Å². The molecule has 8 heteroatoms. The zero-order chi connectivity index (χ0) is 15.0. The number of likely N-dealkylation sites (tertiary alicyclic amines) is 1. The molecule has 0 atom stereocenters. The van der Waals surface area contributed by atoms with E-state index < -0.39 is 11.7 Å². The summed E-state index contributed by atoms with van der Waals surface area (Å²) in [5.74, 6) is 0. The molecule has 1 saturated heterocycles. The summed E-state index contributed by atoms with van der Waals surface area (Å²) in [5.41, 5.74) is -0.536. The Morgan fingerprint density at radius 2 is 1.86 bits per heavy atom. The predicted octanol–water partition coefficient (Wildman–Crippen LogP) is 3.20. The van der Waals surface area contributed by atoms with E-state index in [4.69, 9.17) is 11.6 Å². The van der Waals surface area contributed by atoms with Crippen molar-refractivity contribution in [2.24, 2.45) is 0 Å². The van der Waals surface area contributed by atoms with Gasteiger partial charge < -0.3 is 9.47 Å². The molecule has 21 heavy (non-hydrogen) atoms. The van der Waals surface area contributed by atoms with E-state index in [1.165, 1.54) is 10.9 Å². The Balaban J connectivity index is 1.96. The Kier molecular flexibility index (Phi) is 3.79. The first-order valence-electron chi connectivity index (χ1n) is 6.75. The Morgan fingerprint density at radius 1 is 1.14 bits per heavy atom. The average Bonchev–Trinajstić information content (AvgIpc) is 3.03. The lowest BCUT2D eigenvalue weighted by atomic mass is 10.2. The molecular formula is C13H14ClF3N4. The van der Waals surface area contributed by atoms with Crippen LogP contribution in [0.4, 0.5) is 13.2 Å². The minimum Gasteiger partial charge on any atom is -0.330 e. The van der Waals surface area contributed by atoms with E-state index in [-0.39, 0.29) is 16.2 Å². The van der Waals surface area contributed by atoms with Crippen molar-refractivity contribution in [3.05, 3.63) is 23.2 Å². The molecule has 0 unspecified atom stereocenters. The molecular weight excluding hydrogens is 305 g/mol. The fourth-order valence-corrected chi connectivity index (χ4v) is 2.96. The second-order valence-corrected chi connectivity index (χ2v) is 5.50. The van der Waals surface area contributed by atoms with E-state index in [0.717, 1.165) is 32.1 Å². The van der Waals surface area contributed by atoms with Crippen LogP contribution < -0.4 is 0 Å². The fraction of sp³-hybridized carbons (Fsp3) is 0.538. The van der Waals surface area contributed by atoms with Crippen molar-refractivity contribution in [2.75, 3.05) is 19.6 Å². The highest BCUT2D eigenvalue weighted by molar-refractivity contribution is 6.34. The third-order valence-corrected chi connectivity index (χ3v) is 4.06. The quantitative estimate of drug-likeness (QED) is 0.815. The molecule has 0 saturated carbocycles. The van der Waals surface area contributed by atoms with Crippen molar-refractivity contribution in [3.63, 3.8) is 0 Å². The van der Waals surface area contributed by atoms with Gasteiger partial charge in [0.15, 0.2) is 0 Å². The summed E-state index contributed by atoms with van der Waals surface area (Å²) < 4.78 is 40.9. The van der Waals surface area contributed by atoms with Gasteiger partial charge in [0, 0.05) is 19.3 Å². The Labute approximate surface area is 124 Å². The molecule has 4 nitrogen and oxygen atoms in total. The van der Waals surface area contributed by atoms with Crippen LogP contribution in [0.5, 0.6) is 0 Å². The molecule has 2 aromatic heterocycles. The van der Waals surface area contributed by atoms with E-state index in [1.807, 2.05) is 0 Å². The Bertz CT molecular complexity index is 647. The number of nitrogens with zero attached hydrogens (tertiary/aromatic N) is 4. The van der Waals surface area contributed by atoms with E-state index in [0.29, 0.717) is 13.1 Å². The standard InChI is InChI=1S/C13H14ClF3N4/c14-11-10-9(13(15,16)17)7-21(12(10)19-8-18-11)6-5-20-3-1-2-4-20/h7-8H,1-6H2. The number of hydrogen-bond donors (Lipinski definition) is 0. The van der Waals surface area contributed by atoms with Crippen molar-refractivity contribution in [1.29, 1.82) is 0 Å². The maximum atomic E-state index is 13.1. The van der Waals surface area contributed by atoms with E-state index >= 15 is 0 Å². The maximum absolute atomic E-state index is 13.1. The highest BCUT2D eigenvalue weighted by Crippen LogP contribution is 2.37. The molecule has 2 aromatic rings. The van der Waals surface area contributed by atoms with Crippen LogP contribution in [0.2, 0.25) is 5.15 Å². The van der Waals surface area contributed by atoms with Crippen LogP contribution in [0.3, 0.4) is 0 Å². The largest absolute Gasteiger partial charge is 0.418 e. The first kappa shape index (κ1) is 14.6. The molecule has 0 aliphatic carbocycles. The molecule has 0 amide bonds. The lowest BCUT2D eigenvalue weighted by Crippen LogP contribution is -2.24. The van der Waals surface area contributed by atoms with E-state index in [2.05, 4.69) is 14.9 Å². The molecule has 0 spiro atoms. The first-order valence-corrected chi connectivity index (χ1v) is 7.13. The van der Waals surface area contributed by atoms with Gasteiger partial charge in [-0.3, -0.25) is 0 Å². The van der Waals surface area contributed by atoms with Crippen LogP contribution in [0.25, 0.3) is 11.0 Å². The van der Waals surface area contributed by atoms with Gasteiger partial charge in [-0.15, -0.1) is 0 Å². The summed E-state index contributed by atoms with van der Waals surface area (Å²) >= 11 is 5.83. The van der Waals surface area contributed by atoms with Crippen LogP contribution in [0.15, 0.2) is 12.5 Å². The molecule has 0 radical (unpaired) electrons. The minimum absolute atomic E-state index is 0.118. The summed E-state index contributed by atoms with van der Waals surface area (Å²) in [6, 6.07) is 0. The first-order chi connectivity index (χ1) is 9.97. The van der Waals surface area contributed by atoms with Gasteiger partial charge in [0.25, 0.3) is 0 Å².